The van der Waals surface area contributed by atoms with Gasteiger partial charge in [0.05, 0.1) is 12.3 Å². The van der Waals surface area contributed by atoms with Crippen LogP contribution in [-0.4, -0.2) is 38.9 Å². The Bertz CT molecular complexity index is 598. The van der Waals surface area contributed by atoms with Crippen LogP contribution in [0.2, 0.25) is 0 Å². The van der Waals surface area contributed by atoms with Crippen LogP contribution >= 0.6 is 0 Å². The van der Waals surface area contributed by atoms with E-state index in [9.17, 15) is 9.90 Å². The lowest BCUT2D eigenvalue weighted by molar-refractivity contribution is 0.0847. The van der Waals surface area contributed by atoms with Crippen LogP contribution in [0.3, 0.4) is 0 Å². The van der Waals surface area contributed by atoms with Crippen molar-refractivity contribution in [3.05, 3.63) is 42.5 Å². The van der Waals surface area contributed by atoms with Gasteiger partial charge in [0.15, 0.2) is 0 Å². The lowest BCUT2D eigenvalue weighted by Crippen LogP contribution is -2.39. The van der Waals surface area contributed by atoms with Crippen molar-refractivity contribution in [3.8, 4) is 5.69 Å². The van der Waals surface area contributed by atoms with Crippen LogP contribution in [0, 0.1) is 5.41 Å². The molecule has 6 nitrogen and oxygen atoms in total. The van der Waals surface area contributed by atoms with Crippen molar-refractivity contribution in [2.24, 2.45) is 5.41 Å². The Morgan fingerprint density at radius 1 is 1.36 bits per heavy atom. The topological polar surface area (TPSA) is 80.0 Å². The molecule has 0 spiro atoms. The molecular formula is C16H22N4O2. The first-order valence-electron chi connectivity index (χ1n) is 7.49. The molecule has 0 aromatic carbocycles. The van der Waals surface area contributed by atoms with E-state index in [0.29, 0.717) is 12.2 Å². The Hall–Kier alpha value is -2.21. The van der Waals surface area contributed by atoms with E-state index in [4.69, 9.17) is 0 Å². The second-order valence-corrected chi connectivity index (χ2v) is 5.40. The summed E-state index contributed by atoms with van der Waals surface area (Å²) in [5, 5.41) is 16.6. The van der Waals surface area contributed by atoms with Gasteiger partial charge in [-0.1, -0.05) is 13.8 Å². The fourth-order valence-corrected chi connectivity index (χ4v) is 2.25. The molecule has 0 saturated heterocycles. The second-order valence-electron chi connectivity index (χ2n) is 5.40. The Balaban J connectivity index is 2.09. The summed E-state index contributed by atoms with van der Waals surface area (Å²) >= 11 is 0. The van der Waals surface area contributed by atoms with Gasteiger partial charge in [-0.15, -0.1) is 0 Å². The van der Waals surface area contributed by atoms with E-state index in [1.54, 1.807) is 29.2 Å². The van der Waals surface area contributed by atoms with Crippen LogP contribution in [0.15, 0.2) is 36.8 Å². The van der Waals surface area contributed by atoms with Gasteiger partial charge in [0.2, 0.25) is 0 Å². The highest BCUT2D eigenvalue weighted by molar-refractivity contribution is 5.92. The third kappa shape index (κ3) is 3.51. The van der Waals surface area contributed by atoms with E-state index in [-0.39, 0.29) is 17.9 Å². The van der Waals surface area contributed by atoms with Gasteiger partial charge in [-0.3, -0.25) is 9.78 Å². The zero-order valence-corrected chi connectivity index (χ0v) is 13.0. The average molecular weight is 302 g/mol. The number of carbonyl (C=O) groups excluding carboxylic acids is 1. The second kappa shape index (κ2) is 7.17. The number of aliphatic hydroxyl groups excluding tert-OH is 1. The van der Waals surface area contributed by atoms with Gasteiger partial charge in [-0.2, -0.15) is 5.10 Å². The van der Waals surface area contributed by atoms with Crippen LogP contribution in [0.1, 0.15) is 37.2 Å². The number of hydrogen-bond donors (Lipinski definition) is 2. The van der Waals surface area contributed by atoms with E-state index in [1.165, 1.54) is 0 Å². The zero-order chi connectivity index (χ0) is 16.0. The smallest absolute Gasteiger partial charge is 0.269 e. The first-order chi connectivity index (χ1) is 10.6. The van der Waals surface area contributed by atoms with Crippen LogP contribution in [-0.2, 0) is 0 Å². The fourth-order valence-electron chi connectivity index (χ4n) is 2.25. The highest BCUT2D eigenvalue weighted by atomic mass is 16.3. The van der Waals surface area contributed by atoms with E-state index in [0.717, 1.165) is 18.5 Å². The average Bonchev–Trinajstić information content (AvgIpc) is 3.11. The van der Waals surface area contributed by atoms with E-state index < -0.39 is 0 Å². The summed E-state index contributed by atoms with van der Waals surface area (Å²) in [4.78, 5) is 16.4. The largest absolute Gasteiger partial charge is 0.396 e. The molecule has 0 atom stereocenters. The molecule has 0 saturated carbocycles. The molecule has 118 valence electrons. The van der Waals surface area contributed by atoms with Crippen LogP contribution in [0.5, 0.6) is 0 Å². The lowest BCUT2D eigenvalue weighted by Gasteiger charge is -2.29. The molecule has 2 heterocycles. The number of rotatable bonds is 7. The maximum atomic E-state index is 12.3. The SMILES string of the molecule is CCC(CC)(CO)CNC(=O)c1cc(-n2cccn2)ccn1. The van der Waals surface area contributed by atoms with Gasteiger partial charge in [0.1, 0.15) is 5.69 Å². The van der Waals surface area contributed by atoms with Gasteiger partial charge < -0.3 is 10.4 Å². The molecule has 0 aliphatic rings. The predicted molar refractivity (Wildman–Crippen MR) is 83.8 cm³/mol. The number of amides is 1. The summed E-state index contributed by atoms with van der Waals surface area (Å²) < 4.78 is 1.68. The zero-order valence-electron chi connectivity index (χ0n) is 13.0. The Kier molecular flexibility index (Phi) is 5.27. The van der Waals surface area contributed by atoms with E-state index in [1.807, 2.05) is 26.1 Å². The maximum absolute atomic E-state index is 12.3. The summed E-state index contributed by atoms with van der Waals surface area (Å²) in [6.45, 7) is 4.52. The van der Waals surface area contributed by atoms with Crippen molar-refractivity contribution >= 4 is 5.91 Å². The van der Waals surface area contributed by atoms with Gasteiger partial charge in [-0.05, 0) is 31.0 Å². The van der Waals surface area contributed by atoms with Crippen molar-refractivity contribution < 1.29 is 9.90 Å². The number of aliphatic hydroxyl groups is 1. The van der Waals surface area contributed by atoms with Gasteiger partial charge in [-0.25, -0.2) is 4.68 Å². The lowest BCUT2D eigenvalue weighted by atomic mass is 9.83. The van der Waals surface area contributed by atoms with Crippen molar-refractivity contribution in [2.45, 2.75) is 26.7 Å². The normalized spacial score (nSPS) is 11.4. The molecule has 0 aliphatic carbocycles. The number of nitrogens with one attached hydrogen (secondary N) is 1. The molecule has 22 heavy (non-hydrogen) atoms. The first-order valence-corrected chi connectivity index (χ1v) is 7.49. The molecule has 0 bridgehead atoms. The summed E-state index contributed by atoms with van der Waals surface area (Å²) in [5.41, 5.74) is 0.853. The van der Waals surface area contributed by atoms with Crippen LogP contribution < -0.4 is 5.32 Å². The molecule has 0 fully saturated rings. The summed E-state index contributed by atoms with van der Waals surface area (Å²) in [6.07, 6.45) is 6.69. The molecule has 0 aliphatic heterocycles. The predicted octanol–water partition coefficient (Wildman–Crippen LogP) is 1.80. The number of pyridine rings is 1. The highest BCUT2D eigenvalue weighted by Gasteiger charge is 2.26. The number of carbonyl (C=O) groups is 1. The third-order valence-electron chi connectivity index (χ3n) is 4.20. The van der Waals surface area contributed by atoms with Gasteiger partial charge in [0.25, 0.3) is 5.91 Å². The summed E-state index contributed by atoms with van der Waals surface area (Å²) in [7, 11) is 0. The molecular weight excluding hydrogens is 280 g/mol. The first kappa shape index (κ1) is 16.2. The molecule has 0 unspecified atom stereocenters. The fraction of sp³-hybridized carbons (Fsp3) is 0.438. The van der Waals surface area contributed by atoms with Crippen molar-refractivity contribution in [1.82, 2.24) is 20.1 Å². The standard InChI is InChI=1S/C16H22N4O2/c1-3-16(4-2,12-21)11-18-15(22)14-10-13(6-8-17-14)20-9-5-7-19-20/h5-10,21H,3-4,11-12H2,1-2H3,(H,18,22). The van der Waals surface area contributed by atoms with E-state index in [2.05, 4.69) is 15.4 Å². The van der Waals surface area contributed by atoms with E-state index >= 15 is 0 Å². The van der Waals surface area contributed by atoms with Crippen molar-refractivity contribution in [2.75, 3.05) is 13.2 Å². The minimum Gasteiger partial charge on any atom is -0.396 e. The summed E-state index contributed by atoms with van der Waals surface area (Å²) in [6, 6.07) is 5.30. The summed E-state index contributed by atoms with van der Waals surface area (Å²) in [5.74, 6) is -0.242. The molecule has 2 aromatic heterocycles. The van der Waals surface area contributed by atoms with Gasteiger partial charge >= 0.3 is 0 Å². The molecule has 0 radical (unpaired) electrons. The molecule has 2 rings (SSSR count). The highest BCUT2D eigenvalue weighted by Crippen LogP contribution is 2.24. The van der Waals surface area contributed by atoms with Crippen LogP contribution in [0.4, 0.5) is 0 Å². The molecule has 2 aromatic rings. The minimum atomic E-state index is -0.269. The Labute approximate surface area is 130 Å². The maximum Gasteiger partial charge on any atom is 0.269 e. The quantitative estimate of drug-likeness (QED) is 0.817. The van der Waals surface area contributed by atoms with Crippen molar-refractivity contribution in [1.29, 1.82) is 0 Å². The van der Waals surface area contributed by atoms with Gasteiger partial charge in [0, 0.05) is 30.6 Å². The minimum absolute atomic E-state index is 0.0566. The Morgan fingerprint density at radius 2 is 2.14 bits per heavy atom. The molecule has 6 heteroatoms. The Morgan fingerprint density at radius 3 is 2.73 bits per heavy atom. The molecule has 1 amide bonds. The monoisotopic (exact) mass is 302 g/mol. The molecule has 2 N–H and O–H groups in total. The van der Waals surface area contributed by atoms with Crippen molar-refractivity contribution in [3.63, 3.8) is 0 Å². The van der Waals surface area contributed by atoms with Crippen LogP contribution in [0.25, 0.3) is 5.69 Å². The third-order valence-corrected chi connectivity index (χ3v) is 4.20. The number of aromatic nitrogens is 3. The number of nitrogens with zero attached hydrogens (tertiary/aromatic N) is 3. The number of hydrogen-bond acceptors (Lipinski definition) is 4.